The van der Waals surface area contributed by atoms with Gasteiger partial charge in [-0.1, -0.05) is 6.07 Å². The van der Waals surface area contributed by atoms with E-state index in [0.717, 1.165) is 31.7 Å². The van der Waals surface area contributed by atoms with Crippen LogP contribution in [0.1, 0.15) is 16.9 Å². The lowest BCUT2D eigenvalue weighted by atomic mass is 10.2. The minimum absolute atomic E-state index is 0.0228. The van der Waals surface area contributed by atoms with Gasteiger partial charge >= 0.3 is 0 Å². The molecule has 0 unspecified atom stereocenters. The summed E-state index contributed by atoms with van der Waals surface area (Å²) in [5.41, 5.74) is 2.05. The van der Waals surface area contributed by atoms with Crippen molar-refractivity contribution in [3.05, 3.63) is 62.7 Å². The number of aryl methyl sites for hydroxylation is 1. The fourth-order valence-electron chi connectivity index (χ4n) is 2.84. The van der Waals surface area contributed by atoms with Crippen molar-refractivity contribution in [1.82, 2.24) is 9.38 Å². The first-order valence-electron chi connectivity index (χ1n) is 7.10. The summed E-state index contributed by atoms with van der Waals surface area (Å²) < 4.78 is 1.58. The van der Waals surface area contributed by atoms with Gasteiger partial charge in [-0.05, 0) is 42.0 Å². The van der Waals surface area contributed by atoms with Crippen LogP contribution in [-0.4, -0.2) is 15.9 Å². The van der Waals surface area contributed by atoms with E-state index in [-0.39, 0.29) is 5.56 Å². The van der Waals surface area contributed by atoms with Crippen LogP contribution >= 0.6 is 11.3 Å². The lowest BCUT2D eigenvalue weighted by Crippen LogP contribution is -2.26. The van der Waals surface area contributed by atoms with Gasteiger partial charge in [-0.25, -0.2) is 4.98 Å². The second-order valence-corrected chi connectivity index (χ2v) is 6.28. The standard InChI is InChI=1S/C16H15N3OS/c20-16-10-15(17-14-5-1-2-8-19(14)16)18-7-3-4-13-12(11-18)6-9-21-13/h1-2,5-6,8-10H,3-4,7,11H2. The Labute approximate surface area is 126 Å². The van der Waals surface area contributed by atoms with Crippen molar-refractivity contribution in [2.24, 2.45) is 0 Å². The summed E-state index contributed by atoms with van der Waals surface area (Å²) in [7, 11) is 0. The number of thiophene rings is 1. The largest absolute Gasteiger partial charge is 0.352 e. The molecule has 0 aromatic carbocycles. The summed E-state index contributed by atoms with van der Waals surface area (Å²) >= 11 is 1.83. The van der Waals surface area contributed by atoms with Crippen molar-refractivity contribution < 1.29 is 0 Å². The average molecular weight is 297 g/mol. The molecule has 0 fully saturated rings. The zero-order valence-corrected chi connectivity index (χ0v) is 12.3. The van der Waals surface area contributed by atoms with E-state index in [2.05, 4.69) is 21.3 Å². The minimum atomic E-state index is -0.0228. The van der Waals surface area contributed by atoms with E-state index < -0.39 is 0 Å². The first-order valence-corrected chi connectivity index (χ1v) is 7.98. The molecule has 0 bridgehead atoms. The van der Waals surface area contributed by atoms with Gasteiger partial charge in [0.25, 0.3) is 5.56 Å². The van der Waals surface area contributed by atoms with E-state index in [0.29, 0.717) is 5.65 Å². The number of hydrogen-bond donors (Lipinski definition) is 0. The summed E-state index contributed by atoms with van der Waals surface area (Å²) in [5, 5.41) is 2.15. The molecule has 0 amide bonds. The van der Waals surface area contributed by atoms with Crippen LogP contribution in [0, 0.1) is 0 Å². The summed E-state index contributed by atoms with van der Waals surface area (Å²) in [5.74, 6) is 0.783. The summed E-state index contributed by atoms with van der Waals surface area (Å²) in [6.07, 6.45) is 3.98. The third-order valence-corrected chi connectivity index (χ3v) is 4.94. The van der Waals surface area contributed by atoms with Crippen LogP contribution in [0.5, 0.6) is 0 Å². The van der Waals surface area contributed by atoms with Gasteiger partial charge < -0.3 is 4.90 Å². The number of nitrogens with zero attached hydrogens (tertiary/aromatic N) is 3. The molecule has 1 aliphatic heterocycles. The van der Waals surface area contributed by atoms with E-state index in [4.69, 9.17) is 0 Å². The Bertz CT molecular complexity index is 852. The molecular formula is C16H15N3OS. The highest BCUT2D eigenvalue weighted by atomic mass is 32.1. The fourth-order valence-corrected chi connectivity index (χ4v) is 3.78. The molecule has 1 aliphatic rings. The number of fused-ring (bicyclic) bond motifs is 2. The van der Waals surface area contributed by atoms with Crippen LogP contribution in [0.15, 0.2) is 46.7 Å². The number of anilines is 1. The Morgan fingerprint density at radius 3 is 3.14 bits per heavy atom. The number of rotatable bonds is 1. The molecule has 106 valence electrons. The van der Waals surface area contributed by atoms with Gasteiger partial charge in [0.05, 0.1) is 0 Å². The van der Waals surface area contributed by atoms with Gasteiger partial charge in [-0.15, -0.1) is 11.3 Å². The lowest BCUT2D eigenvalue weighted by molar-refractivity contribution is 0.753. The predicted molar refractivity (Wildman–Crippen MR) is 85.2 cm³/mol. The van der Waals surface area contributed by atoms with E-state index in [1.807, 2.05) is 29.5 Å². The third kappa shape index (κ3) is 2.23. The van der Waals surface area contributed by atoms with Gasteiger partial charge in [-0.2, -0.15) is 0 Å². The molecule has 4 nitrogen and oxygen atoms in total. The molecule has 0 aliphatic carbocycles. The lowest BCUT2D eigenvalue weighted by Gasteiger charge is -2.21. The van der Waals surface area contributed by atoms with Gasteiger partial charge in [0.1, 0.15) is 11.5 Å². The van der Waals surface area contributed by atoms with E-state index in [9.17, 15) is 4.79 Å². The Kier molecular flexibility index (Phi) is 3.00. The van der Waals surface area contributed by atoms with Crippen LogP contribution < -0.4 is 10.5 Å². The van der Waals surface area contributed by atoms with Gasteiger partial charge in [0.2, 0.25) is 0 Å². The van der Waals surface area contributed by atoms with Crippen molar-refractivity contribution in [3.8, 4) is 0 Å². The van der Waals surface area contributed by atoms with Gasteiger partial charge in [-0.3, -0.25) is 9.20 Å². The topological polar surface area (TPSA) is 37.6 Å². The molecule has 0 atom stereocenters. The molecule has 3 aromatic heterocycles. The molecule has 4 heterocycles. The van der Waals surface area contributed by atoms with Crippen molar-refractivity contribution >= 4 is 22.8 Å². The average Bonchev–Trinajstić information content (AvgIpc) is 2.84. The van der Waals surface area contributed by atoms with Crippen molar-refractivity contribution in [3.63, 3.8) is 0 Å². The van der Waals surface area contributed by atoms with Gasteiger partial charge in [0, 0.05) is 30.2 Å². The third-order valence-electron chi connectivity index (χ3n) is 3.91. The smallest absolute Gasteiger partial charge is 0.259 e. The van der Waals surface area contributed by atoms with E-state index >= 15 is 0 Å². The van der Waals surface area contributed by atoms with Crippen LogP contribution in [0.2, 0.25) is 0 Å². The SMILES string of the molecule is O=c1cc(N2CCCc3sccc3C2)nc2ccccn12. The molecular weight excluding hydrogens is 282 g/mol. The molecule has 3 aromatic rings. The molecule has 0 radical (unpaired) electrons. The van der Waals surface area contributed by atoms with E-state index in [1.54, 1.807) is 16.7 Å². The Hall–Kier alpha value is -2.14. The van der Waals surface area contributed by atoms with Crippen LogP contribution in [0.4, 0.5) is 5.82 Å². The normalized spacial score (nSPS) is 15.0. The highest BCUT2D eigenvalue weighted by Gasteiger charge is 2.17. The molecule has 0 spiro atoms. The highest BCUT2D eigenvalue weighted by Crippen LogP contribution is 2.26. The highest BCUT2D eigenvalue weighted by molar-refractivity contribution is 7.10. The minimum Gasteiger partial charge on any atom is -0.352 e. The van der Waals surface area contributed by atoms with Gasteiger partial charge in [0.15, 0.2) is 0 Å². The predicted octanol–water partition coefficient (Wildman–Crippen LogP) is 2.71. The molecule has 0 saturated heterocycles. The Morgan fingerprint density at radius 2 is 2.19 bits per heavy atom. The van der Waals surface area contributed by atoms with Crippen molar-refractivity contribution in [1.29, 1.82) is 0 Å². The fraction of sp³-hybridized carbons (Fsp3) is 0.250. The molecule has 0 N–H and O–H groups in total. The maximum Gasteiger partial charge on any atom is 0.259 e. The maximum absolute atomic E-state index is 12.2. The maximum atomic E-state index is 12.2. The molecule has 0 saturated carbocycles. The van der Waals surface area contributed by atoms with Crippen molar-refractivity contribution in [2.45, 2.75) is 19.4 Å². The monoisotopic (exact) mass is 297 g/mol. The molecule has 5 heteroatoms. The zero-order chi connectivity index (χ0) is 14.2. The van der Waals surface area contributed by atoms with Crippen LogP contribution in [0.3, 0.4) is 0 Å². The number of aromatic nitrogens is 2. The first kappa shape index (κ1) is 12.6. The van der Waals surface area contributed by atoms with Crippen LogP contribution in [0.25, 0.3) is 5.65 Å². The summed E-state index contributed by atoms with van der Waals surface area (Å²) in [6, 6.07) is 9.46. The zero-order valence-electron chi connectivity index (χ0n) is 11.5. The van der Waals surface area contributed by atoms with Crippen molar-refractivity contribution in [2.75, 3.05) is 11.4 Å². The quantitative estimate of drug-likeness (QED) is 0.693. The summed E-state index contributed by atoms with van der Waals surface area (Å²) in [6.45, 7) is 1.78. The second-order valence-electron chi connectivity index (χ2n) is 5.28. The first-order chi connectivity index (χ1) is 10.3. The molecule has 4 rings (SSSR count). The van der Waals surface area contributed by atoms with E-state index in [1.165, 1.54) is 10.4 Å². The second kappa shape index (κ2) is 5.00. The molecule has 21 heavy (non-hydrogen) atoms. The summed E-state index contributed by atoms with van der Waals surface area (Å²) in [4.78, 5) is 20.6. The Balaban J connectivity index is 1.78. The Morgan fingerprint density at radius 1 is 1.24 bits per heavy atom. The number of pyridine rings is 1. The number of hydrogen-bond acceptors (Lipinski definition) is 4. The van der Waals surface area contributed by atoms with Crippen LogP contribution in [-0.2, 0) is 13.0 Å².